The largest absolute Gasteiger partial charge is 0.491 e. The molecule has 0 spiro atoms. The van der Waals surface area contributed by atoms with Gasteiger partial charge in [-0.3, -0.25) is 10.1 Å². The average Bonchev–Trinajstić information content (AvgIpc) is 2.67. The van der Waals surface area contributed by atoms with Crippen LogP contribution in [0.5, 0.6) is 5.75 Å². The Morgan fingerprint density at radius 2 is 1.64 bits per heavy atom. The third kappa shape index (κ3) is 8.55. The quantitative estimate of drug-likeness (QED) is 0.605. The maximum Gasteiger partial charge on any atom is 0.411 e. The Morgan fingerprint density at radius 3 is 2.36 bits per heavy atom. The molecular formula is C21H26N2O5. The Labute approximate surface area is 165 Å². The summed E-state index contributed by atoms with van der Waals surface area (Å²) in [5.74, 6) is 0.723. The standard InChI is InChI=1S/C21H26N2O5/c1-16(2)14-28-21(25)23-18-8-6-7-17(13-18)22-20(24)15-26-11-12-27-19-9-4-3-5-10-19/h3-10,13,16H,11-12,14-15H2,1-2H3,(H,22,24)(H,23,25). The van der Waals surface area contributed by atoms with E-state index in [0.717, 1.165) is 5.75 Å². The van der Waals surface area contributed by atoms with E-state index in [9.17, 15) is 9.59 Å². The van der Waals surface area contributed by atoms with Gasteiger partial charge < -0.3 is 19.5 Å². The first-order valence-corrected chi connectivity index (χ1v) is 9.12. The molecule has 2 rings (SSSR count). The van der Waals surface area contributed by atoms with E-state index in [0.29, 0.717) is 31.2 Å². The molecule has 0 radical (unpaired) electrons. The van der Waals surface area contributed by atoms with Gasteiger partial charge in [0.2, 0.25) is 5.91 Å². The van der Waals surface area contributed by atoms with Crippen LogP contribution in [0.1, 0.15) is 13.8 Å². The van der Waals surface area contributed by atoms with Gasteiger partial charge in [-0.1, -0.05) is 38.1 Å². The minimum absolute atomic E-state index is 0.0910. The highest BCUT2D eigenvalue weighted by atomic mass is 16.5. The second-order valence-corrected chi connectivity index (χ2v) is 6.46. The lowest BCUT2D eigenvalue weighted by Crippen LogP contribution is -2.20. The summed E-state index contributed by atoms with van der Waals surface area (Å²) >= 11 is 0. The fourth-order valence-corrected chi connectivity index (χ4v) is 2.17. The summed E-state index contributed by atoms with van der Waals surface area (Å²) in [5, 5.41) is 5.34. The molecule has 0 unspecified atom stereocenters. The molecule has 0 aliphatic carbocycles. The van der Waals surface area contributed by atoms with Crippen LogP contribution in [0, 0.1) is 5.92 Å². The number of hydrogen-bond acceptors (Lipinski definition) is 5. The van der Waals surface area contributed by atoms with Crippen LogP contribution in [-0.2, 0) is 14.3 Å². The lowest BCUT2D eigenvalue weighted by atomic mass is 10.2. The number of carbonyl (C=O) groups is 2. The number of ether oxygens (including phenoxy) is 3. The molecule has 0 aliphatic heterocycles. The molecule has 0 bridgehead atoms. The van der Waals surface area contributed by atoms with E-state index in [1.807, 2.05) is 44.2 Å². The second-order valence-electron chi connectivity index (χ2n) is 6.46. The lowest BCUT2D eigenvalue weighted by Gasteiger charge is -2.11. The first kappa shape index (κ1) is 21.2. The van der Waals surface area contributed by atoms with Crippen LogP contribution >= 0.6 is 0 Å². The molecule has 0 aliphatic rings. The number of amides is 2. The number of rotatable bonds is 10. The molecule has 28 heavy (non-hydrogen) atoms. The van der Waals surface area contributed by atoms with Gasteiger partial charge in [0.25, 0.3) is 0 Å². The highest BCUT2D eigenvalue weighted by Crippen LogP contribution is 2.15. The topological polar surface area (TPSA) is 85.9 Å². The molecule has 0 fully saturated rings. The normalized spacial score (nSPS) is 10.4. The number of para-hydroxylation sites is 1. The van der Waals surface area contributed by atoms with Crippen LogP contribution in [0.15, 0.2) is 54.6 Å². The van der Waals surface area contributed by atoms with Gasteiger partial charge >= 0.3 is 6.09 Å². The van der Waals surface area contributed by atoms with Crippen LogP contribution in [0.3, 0.4) is 0 Å². The van der Waals surface area contributed by atoms with Gasteiger partial charge in [-0.15, -0.1) is 0 Å². The predicted octanol–water partition coefficient (Wildman–Crippen LogP) is 3.93. The highest BCUT2D eigenvalue weighted by Gasteiger charge is 2.07. The molecule has 0 aromatic heterocycles. The molecule has 7 heteroatoms. The molecule has 2 aromatic rings. The monoisotopic (exact) mass is 386 g/mol. The summed E-state index contributed by atoms with van der Waals surface area (Å²) in [6.07, 6.45) is -0.529. The Hall–Kier alpha value is -3.06. The molecule has 0 saturated carbocycles. The Bertz CT molecular complexity index is 749. The molecule has 0 atom stereocenters. The molecular weight excluding hydrogens is 360 g/mol. The van der Waals surface area contributed by atoms with Crippen molar-refractivity contribution in [3.8, 4) is 5.75 Å². The second kappa shape index (κ2) is 11.6. The highest BCUT2D eigenvalue weighted by molar-refractivity contribution is 5.93. The minimum Gasteiger partial charge on any atom is -0.491 e. The summed E-state index contributed by atoms with van der Waals surface area (Å²) in [6, 6.07) is 16.2. The zero-order chi connectivity index (χ0) is 20.2. The van der Waals surface area contributed by atoms with Gasteiger partial charge in [0, 0.05) is 11.4 Å². The lowest BCUT2D eigenvalue weighted by molar-refractivity contribution is -0.120. The van der Waals surface area contributed by atoms with Crippen molar-refractivity contribution in [1.82, 2.24) is 0 Å². The zero-order valence-electron chi connectivity index (χ0n) is 16.1. The van der Waals surface area contributed by atoms with E-state index in [2.05, 4.69) is 10.6 Å². The Balaban J connectivity index is 1.68. The zero-order valence-corrected chi connectivity index (χ0v) is 16.1. The average molecular weight is 386 g/mol. The van der Waals surface area contributed by atoms with E-state index < -0.39 is 6.09 Å². The van der Waals surface area contributed by atoms with Gasteiger partial charge in [0.1, 0.15) is 19.0 Å². The van der Waals surface area contributed by atoms with Crippen molar-refractivity contribution in [3.05, 3.63) is 54.6 Å². The van der Waals surface area contributed by atoms with Crippen LogP contribution in [0.2, 0.25) is 0 Å². The summed E-state index contributed by atoms with van der Waals surface area (Å²) < 4.78 is 15.9. The van der Waals surface area contributed by atoms with Crippen LogP contribution in [0.4, 0.5) is 16.2 Å². The maximum absolute atomic E-state index is 12.0. The fraction of sp³-hybridized carbons (Fsp3) is 0.333. The SMILES string of the molecule is CC(C)COC(=O)Nc1cccc(NC(=O)COCCOc2ccccc2)c1. The Kier molecular flexibility index (Phi) is 8.81. The molecule has 2 N–H and O–H groups in total. The van der Waals surface area contributed by atoms with Crippen molar-refractivity contribution in [2.24, 2.45) is 5.92 Å². The van der Waals surface area contributed by atoms with E-state index in [1.54, 1.807) is 24.3 Å². The van der Waals surface area contributed by atoms with Gasteiger partial charge in [-0.05, 0) is 36.2 Å². The first-order chi connectivity index (χ1) is 13.5. The van der Waals surface area contributed by atoms with Crippen molar-refractivity contribution >= 4 is 23.4 Å². The Morgan fingerprint density at radius 1 is 0.929 bits per heavy atom. The van der Waals surface area contributed by atoms with Crippen molar-refractivity contribution in [1.29, 1.82) is 0 Å². The molecule has 0 saturated heterocycles. The number of hydrogen-bond donors (Lipinski definition) is 2. The maximum atomic E-state index is 12.0. The number of nitrogens with one attached hydrogen (secondary N) is 2. The fourth-order valence-electron chi connectivity index (χ4n) is 2.17. The van der Waals surface area contributed by atoms with E-state index in [4.69, 9.17) is 14.2 Å². The summed E-state index contributed by atoms with van der Waals surface area (Å²) in [6.45, 7) is 4.82. The molecule has 0 heterocycles. The van der Waals surface area contributed by atoms with Gasteiger partial charge in [-0.25, -0.2) is 4.79 Å². The molecule has 2 aromatic carbocycles. The number of anilines is 2. The van der Waals surface area contributed by atoms with Crippen LogP contribution in [0.25, 0.3) is 0 Å². The summed E-state index contributed by atoms with van der Waals surface area (Å²) in [4.78, 5) is 23.7. The molecule has 7 nitrogen and oxygen atoms in total. The van der Waals surface area contributed by atoms with Crippen LogP contribution < -0.4 is 15.4 Å². The number of benzene rings is 2. The summed E-state index contributed by atoms with van der Waals surface area (Å²) in [7, 11) is 0. The summed E-state index contributed by atoms with van der Waals surface area (Å²) in [5.41, 5.74) is 1.08. The molecule has 2 amide bonds. The predicted molar refractivity (Wildman–Crippen MR) is 108 cm³/mol. The van der Waals surface area contributed by atoms with Crippen LogP contribution in [-0.4, -0.2) is 38.4 Å². The van der Waals surface area contributed by atoms with Gasteiger partial charge in [-0.2, -0.15) is 0 Å². The first-order valence-electron chi connectivity index (χ1n) is 9.12. The van der Waals surface area contributed by atoms with Crippen molar-refractivity contribution in [2.45, 2.75) is 13.8 Å². The van der Waals surface area contributed by atoms with Crippen molar-refractivity contribution in [2.75, 3.05) is 37.1 Å². The van der Waals surface area contributed by atoms with Gasteiger partial charge in [0.15, 0.2) is 0 Å². The smallest absolute Gasteiger partial charge is 0.411 e. The van der Waals surface area contributed by atoms with Gasteiger partial charge in [0.05, 0.1) is 13.2 Å². The minimum atomic E-state index is -0.529. The van der Waals surface area contributed by atoms with E-state index in [1.165, 1.54) is 0 Å². The van der Waals surface area contributed by atoms with E-state index >= 15 is 0 Å². The van der Waals surface area contributed by atoms with Crippen molar-refractivity contribution in [3.63, 3.8) is 0 Å². The van der Waals surface area contributed by atoms with E-state index in [-0.39, 0.29) is 18.4 Å². The third-order valence-corrected chi connectivity index (χ3v) is 3.41. The molecule has 150 valence electrons. The third-order valence-electron chi connectivity index (χ3n) is 3.41. The number of carbonyl (C=O) groups excluding carboxylic acids is 2. The van der Waals surface area contributed by atoms with Crippen molar-refractivity contribution < 1.29 is 23.8 Å².